The summed E-state index contributed by atoms with van der Waals surface area (Å²) in [6, 6.07) is 0.245. The van der Waals surface area contributed by atoms with Gasteiger partial charge < -0.3 is 4.74 Å². The molecule has 2 nitrogen and oxygen atoms in total. The zero-order valence-corrected chi connectivity index (χ0v) is 7.90. The SMILES string of the molecule is COC1=N[C@@H]2C=C[C@H]3[C@@H](C=C2C)[C@@H]13. The lowest BCUT2D eigenvalue weighted by Crippen LogP contribution is -2.09. The molecule has 0 N–H and O–H groups in total. The van der Waals surface area contributed by atoms with Gasteiger partial charge in [-0.05, 0) is 24.3 Å². The monoisotopic (exact) mass is 175 g/mol. The fourth-order valence-electron chi connectivity index (χ4n) is 2.50. The summed E-state index contributed by atoms with van der Waals surface area (Å²) in [6.45, 7) is 2.16. The van der Waals surface area contributed by atoms with Crippen LogP contribution >= 0.6 is 0 Å². The van der Waals surface area contributed by atoms with Crippen molar-refractivity contribution in [3.63, 3.8) is 0 Å². The zero-order chi connectivity index (χ0) is 9.00. The maximum Gasteiger partial charge on any atom is 0.188 e. The molecule has 4 rings (SSSR count). The first kappa shape index (κ1) is 7.36. The van der Waals surface area contributed by atoms with E-state index in [1.54, 1.807) is 7.11 Å². The van der Waals surface area contributed by atoms with Crippen molar-refractivity contribution in [2.75, 3.05) is 7.11 Å². The largest absolute Gasteiger partial charge is 0.484 e. The summed E-state index contributed by atoms with van der Waals surface area (Å²) in [6.07, 6.45) is 6.89. The number of rotatable bonds is 0. The van der Waals surface area contributed by atoms with Gasteiger partial charge in [0.2, 0.25) is 0 Å². The molecular formula is C11H13NO. The Morgan fingerprint density at radius 1 is 1.31 bits per heavy atom. The lowest BCUT2D eigenvalue weighted by Gasteiger charge is -2.07. The van der Waals surface area contributed by atoms with Crippen LogP contribution in [0.1, 0.15) is 6.92 Å². The Bertz CT molecular complexity index is 340. The molecule has 13 heavy (non-hydrogen) atoms. The Morgan fingerprint density at radius 3 is 2.92 bits per heavy atom. The lowest BCUT2D eigenvalue weighted by atomic mass is 10.1. The Balaban J connectivity index is 2.10. The number of nitrogens with zero attached hydrogens (tertiary/aromatic N) is 1. The van der Waals surface area contributed by atoms with Gasteiger partial charge in [0.1, 0.15) is 0 Å². The van der Waals surface area contributed by atoms with Crippen LogP contribution in [0.2, 0.25) is 0 Å². The molecule has 0 unspecified atom stereocenters. The Labute approximate surface area is 78.0 Å². The molecule has 0 aromatic carbocycles. The van der Waals surface area contributed by atoms with E-state index in [2.05, 4.69) is 30.1 Å². The highest BCUT2D eigenvalue weighted by Crippen LogP contribution is 2.53. The highest BCUT2D eigenvalue weighted by molar-refractivity contribution is 5.85. The highest BCUT2D eigenvalue weighted by atomic mass is 16.5. The molecule has 2 heterocycles. The van der Waals surface area contributed by atoms with Crippen LogP contribution in [-0.2, 0) is 4.74 Å². The van der Waals surface area contributed by atoms with Gasteiger partial charge in [0.05, 0.1) is 13.2 Å². The minimum atomic E-state index is 0.245. The van der Waals surface area contributed by atoms with Crippen molar-refractivity contribution in [1.82, 2.24) is 0 Å². The van der Waals surface area contributed by atoms with Gasteiger partial charge in [0.25, 0.3) is 0 Å². The predicted molar refractivity (Wildman–Crippen MR) is 51.6 cm³/mol. The van der Waals surface area contributed by atoms with Crippen molar-refractivity contribution < 1.29 is 4.74 Å². The standard InChI is InChI=1S/C11H13NO/c1-6-5-8-7-3-4-9(6)12-11(13-2)10(7)8/h3-5,7-10H,1-2H3/t7-,8+,9+,10-/m0/s1. The van der Waals surface area contributed by atoms with Gasteiger partial charge in [0.15, 0.2) is 5.90 Å². The second kappa shape index (κ2) is 2.25. The topological polar surface area (TPSA) is 21.6 Å². The van der Waals surface area contributed by atoms with Crippen LogP contribution in [0.25, 0.3) is 0 Å². The van der Waals surface area contributed by atoms with Crippen molar-refractivity contribution in [2.24, 2.45) is 22.7 Å². The summed E-state index contributed by atoms with van der Waals surface area (Å²) in [5.74, 6) is 2.84. The van der Waals surface area contributed by atoms with E-state index in [1.165, 1.54) is 5.57 Å². The van der Waals surface area contributed by atoms with Crippen molar-refractivity contribution in [2.45, 2.75) is 13.0 Å². The van der Waals surface area contributed by atoms with Crippen molar-refractivity contribution in [1.29, 1.82) is 0 Å². The first-order chi connectivity index (χ1) is 6.31. The first-order valence-electron chi connectivity index (χ1n) is 4.79. The van der Waals surface area contributed by atoms with Crippen LogP contribution in [0.3, 0.4) is 0 Å². The Kier molecular flexibility index (Phi) is 1.27. The molecule has 2 aliphatic heterocycles. The average Bonchev–Trinajstić information content (AvgIpc) is 2.82. The smallest absolute Gasteiger partial charge is 0.188 e. The van der Waals surface area contributed by atoms with Crippen molar-refractivity contribution in [3.05, 3.63) is 23.8 Å². The third-order valence-corrected chi connectivity index (χ3v) is 3.33. The zero-order valence-electron chi connectivity index (χ0n) is 7.90. The minimum absolute atomic E-state index is 0.245. The predicted octanol–water partition coefficient (Wildman–Crippen LogP) is 1.79. The first-order valence-corrected chi connectivity index (χ1v) is 4.79. The van der Waals surface area contributed by atoms with Crippen molar-refractivity contribution in [3.8, 4) is 0 Å². The molecule has 0 amide bonds. The fraction of sp³-hybridized carbons (Fsp3) is 0.545. The van der Waals surface area contributed by atoms with Gasteiger partial charge in [-0.15, -0.1) is 0 Å². The van der Waals surface area contributed by atoms with E-state index in [4.69, 9.17) is 4.74 Å². The van der Waals surface area contributed by atoms with Crippen LogP contribution in [-0.4, -0.2) is 19.0 Å². The number of hydrogen-bond acceptors (Lipinski definition) is 2. The van der Waals surface area contributed by atoms with Gasteiger partial charge in [-0.3, -0.25) is 0 Å². The molecule has 0 spiro atoms. The molecule has 4 atom stereocenters. The maximum absolute atomic E-state index is 5.33. The van der Waals surface area contributed by atoms with Crippen LogP contribution in [0, 0.1) is 17.8 Å². The summed E-state index contributed by atoms with van der Waals surface area (Å²) in [5.41, 5.74) is 1.37. The van der Waals surface area contributed by atoms with E-state index in [9.17, 15) is 0 Å². The number of ether oxygens (including phenoxy) is 1. The van der Waals surface area contributed by atoms with Crippen LogP contribution in [0.15, 0.2) is 28.8 Å². The van der Waals surface area contributed by atoms with E-state index < -0.39 is 0 Å². The molecule has 1 fully saturated rings. The summed E-state index contributed by atoms with van der Waals surface area (Å²) < 4.78 is 5.33. The number of methoxy groups -OCH3 is 1. The molecule has 0 aromatic heterocycles. The number of aliphatic imine (C=N–C) groups is 1. The molecule has 68 valence electrons. The molecule has 0 aromatic rings. The van der Waals surface area contributed by atoms with Gasteiger partial charge in [-0.1, -0.05) is 18.2 Å². The molecule has 4 bridgehead atoms. The third-order valence-electron chi connectivity index (χ3n) is 3.33. The van der Waals surface area contributed by atoms with Gasteiger partial charge in [0, 0.05) is 5.92 Å². The van der Waals surface area contributed by atoms with E-state index in [0.29, 0.717) is 17.8 Å². The molecular weight excluding hydrogens is 162 g/mol. The minimum Gasteiger partial charge on any atom is -0.484 e. The second-order valence-electron chi connectivity index (χ2n) is 4.09. The van der Waals surface area contributed by atoms with E-state index >= 15 is 0 Å². The Hall–Kier alpha value is -1.05. The van der Waals surface area contributed by atoms with Crippen molar-refractivity contribution >= 4 is 5.90 Å². The number of hydrogen-bond donors (Lipinski definition) is 0. The lowest BCUT2D eigenvalue weighted by molar-refractivity contribution is 0.381. The average molecular weight is 175 g/mol. The van der Waals surface area contributed by atoms with Crippen LogP contribution < -0.4 is 0 Å². The Morgan fingerprint density at radius 2 is 2.15 bits per heavy atom. The molecule has 2 aliphatic carbocycles. The maximum atomic E-state index is 5.33. The summed E-state index contributed by atoms with van der Waals surface area (Å²) in [5, 5.41) is 0. The van der Waals surface area contributed by atoms with Gasteiger partial charge in [-0.25, -0.2) is 4.99 Å². The molecule has 0 saturated heterocycles. The van der Waals surface area contributed by atoms with Gasteiger partial charge in [-0.2, -0.15) is 0 Å². The van der Waals surface area contributed by atoms with E-state index in [0.717, 1.165) is 5.90 Å². The van der Waals surface area contributed by atoms with E-state index in [-0.39, 0.29) is 6.04 Å². The normalized spacial score (nSPS) is 44.8. The summed E-state index contributed by atoms with van der Waals surface area (Å²) in [4.78, 5) is 4.60. The third kappa shape index (κ3) is 0.859. The fourth-order valence-corrected chi connectivity index (χ4v) is 2.50. The summed E-state index contributed by atoms with van der Waals surface area (Å²) in [7, 11) is 1.73. The molecule has 0 radical (unpaired) electrons. The molecule has 1 saturated carbocycles. The summed E-state index contributed by atoms with van der Waals surface area (Å²) >= 11 is 0. The van der Waals surface area contributed by atoms with Crippen LogP contribution in [0.5, 0.6) is 0 Å². The van der Waals surface area contributed by atoms with Crippen LogP contribution in [0.4, 0.5) is 0 Å². The quantitative estimate of drug-likeness (QED) is 0.514. The second-order valence-corrected chi connectivity index (χ2v) is 4.09. The number of allylic oxidation sites excluding steroid dienone is 2. The highest BCUT2D eigenvalue weighted by Gasteiger charge is 2.53. The molecule has 2 heteroatoms. The van der Waals surface area contributed by atoms with E-state index in [1.807, 2.05) is 0 Å². The van der Waals surface area contributed by atoms with Gasteiger partial charge >= 0.3 is 0 Å². The molecule has 4 aliphatic rings.